The Hall–Kier alpha value is -2.95. The molecule has 2 aromatic rings. The molecule has 0 radical (unpaired) electrons. The van der Waals surface area contributed by atoms with Gasteiger partial charge in [0.15, 0.2) is 0 Å². The van der Waals surface area contributed by atoms with E-state index in [1.165, 1.54) is 10.4 Å². The molecular formula is C21H20BrClN4O5. The van der Waals surface area contributed by atoms with E-state index < -0.39 is 36.3 Å². The second kappa shape index (κ2) is 10.6. The molecular weight excluding hydrogens is 504 g/mol. The van der Waals surface area contributed by atoms with Crippen LogP contribution in [-0.4, -0.2) is 46.4 Å². The van der Waals surface area contributed by atoms with E-state index in [-0.39, 0.29) is 19.4 Å². The highest BCUT2D eigenvalue weighted by Crippen LogP contribution is 2.30. The van der Waals surface area contributed by atoms with Gasteiger partial charge in [0.25, 0.3) is 11.8 Å². The van der Waals surface area contributed by atoms with Gasteiger partial charge in [0.1, 0.15) is 6.04 Å². The number of carbonyl (C=O) groups is 4. The standard InChI is InChI=1S/C21H20BrClN4O5/c22-14-3-1-13(2-4-14)12-26-17(9-10-18(28)24-11-19(29)25-32)20(30)27(21(26)31)16-7-5-15(23)6-8-16/h1-8,17,32H,9-12H2,(H,24,28)(H,25,29). The minimum Gasteiger partial charge on any atom is -0.347 e. The topological polar surface area (TPSA) is 119 Å². The first kappa shape index (κ1) is 23.7. The quantitative estimate of drug-likeness (QED) is 0.279. The van der Waals surface area contributed by atoms with Crippen molar-refractivity contribution in [1.82, 2.24) is 15.7 Å². The highest BCUT2D eigenvalue weighted by molar-refractivity contribution is 9.10. The van der Waals surface area contributed by atoms with Crippen LogP contribution in [0.5, 0.6) is 0 Å². The summed E-state index contributed by atoms with van der Waals surface area (Å²) in [6, 6.07) is 12.3. The average Bonchev–Trinajstić information content (AvgIpc) is 3.01. The lowest BCUT2D eigenvalue weighted by molar-refractivity contribution is -0.131. The molecule has 0 spiro atoms. The number of benzene rings is 2. The van der Waals surface area contributed by atoms with E-state index in [9.17, 15) is 19.2 Å². The van der Waals surface area contributed by atoms with Gasteiger partial charge in [-0.2, -0.15) is 0 Å². The molecule has 3 N–H and O–H groups in total. The lowest BCUT2D eigenvalue weighted by Crippen LogP contribution is -2.38. The Bertz CT molecular complexity index is 1020. The summed E-state index contributed by atoms with van der Waals surface area (Å²) in [4.78, 5) is 52.0. The molecule has 1 heterocycles. The van der Waals surface area contributed by atoms with Gasteiger partial charge in [0.05, 0.1) is 12.2 Å². The molecule has 1 saturated heterocycles. The molecule has 2 aromatic carbocycles. The monoisotopic (exact) mass is 522 g/mol. The van der Waals surface area contributed by atoms with Gasteiger partial charge in [-0.15, -0.1) is 0 Å². The number of hydrogen-bond donors (Lipinski definition) is 3. The third kappa shape index (κ3) is 5.64. The van der Waals surface area contributed by atoms with Crippen LogP contribution in [0, 0.1) is 0 Å². The van der Waals surface area contributed by atoms with E-state index in [0.29, 0.717) is 10.7 Å². The molecule has 1 atom stereocenters. The number of carbonyl (C=O) groups excluding carboxylic acids is 4. The molecule has 0 saturated carbocycles. The second-order valence-corrected chi connectivity index (χ2v) is 8.41. The fraction of sp³-hybridized carbons (Fsp3) is 0.238. The number of nitrogens with zero attached hydrogens (tertiary/aromatic N) is 2. The molecule has 1 aliphatic heterocycles. The molecule has 0 bridgehead atoms. The third-order valence-corrected chi connectivity index (χ3v) is 5.67. The van der Waals surface area contributed by atoms with Gasteiger partial charge in [-0.3, -0.25) is 19.6 Å². The van der Waals surface area contributed by atoms with Crippen LogP contribution in [0.2, 0.25) is 5.02 Å². The van der Waals surface area contributed by atoms with Crippen LogP contribution in [0.15, 0.2) is 53.0 Å². The van der Waals surface area contributed by atoms with Crippen molar-refractivity contribution in [3.63, 3.8) is 0 Å². The Labute approximate surface area is 197 Å². The molecule has 1 aliphatic rings. The number of nitrogens with one attached hydrogen (secondary N) is 2. The number of urea groups is 1. The van der Waals surface area contributed by atoms with Crippen LogP contribution in [0.25, 0.3) is 0 Å². The van der Waals surface area contributed by atoms with Crippen LogP contribution in [0.3, 0.4) is 0 Å². The van der Waals surface area contributed by atoms with E-state index in [4.69, 9.17) is 16.8 Å². The summed E-state index contributed by atoms with van der Waals surface area (Å²) in [7, 11) is 0. The van der Waals surface area contributed by atoms with Crippen molar-refractivity contribution < 1.29 is 24.4 Å². The van der Waals surface area contributed by atoms with Crippen molar-refractivity contribution in [3.8, 4) is 0 Å². The third-order valence-electron chi connectivity index (χ3n) is 4.89. The molecule has 168 valence electrons. The Balaban J connectivity index is 1.79. The summed E-state index contributed by atoms with van der Waals surface area (Å²) in [5, 5.41) is 11.3. The Morgan fingerprint density at radius 3 is 2.31 bits per heavy atom. The number of anilines is 1. The minimum absolute atomic E-state index is 0.0672. The summed E-state index contributed by atoms with van der Waals surface area (Å²) in [6.45, 7) is -0.215. The molecule has 9 nitrogen and oxygen atoms in total. The predicted octanol–water partition coefficient (Wildman–Crippen LogP) is 2.84. The maximum atomic E-state index is 13.2. The predicted molar refractivity (Wildman–Crippen MR) is 120 cm³/mol. The lowest BCUT2D eigenvalue weighted by atomic mass is 10.1. The van der Waals surface area contributed by atoms with Gasteiger partial charge in [-0.25, -0.2) is 15.2 Å². The molecule has 1 fully saturated rings. The second-order valence-electron chi connectivity index (χ2n) is 7.05. The average molecular weight is 524 g/mol. The summed E-state index contributed by atoms with van der Waals surface area (Å²) in [6.07, 6.45) is -0.0224. The number of imide groups is 1. The van der Waals surface area contributed by atoms with Crippen molar-refractivity contribution in [2.75, 3.05) is 11.4 Å². The summed E-state index contributed by atoms with van der Waals surface area (Å²) >= 11 is 9.29. The first-order valence-electron chi connectivity index (χ1n) is 9.64. The van der Waals surface area contributed by atoms with Crippen LogP contribution in [-0.2, 0) is 20.9 Å². The number of hydroxylamine groups is 1. The van der Waals surface area contributed by atoms with E-state index in [1.54, 1.807) is 24.3 Å². The van der Waals surface area contributed by atoms with Crippen molar-refractivity contribution in [2.45, 2.75) is 25.4 Å². The molecule has 32 heavy (non-hydrogen) atoms. The van der Waals surface area contributed by atoms with Crippen LogP contribution in [0.1, 0.15) is 18.4 Å². The molecule has 5 amide bonds. The van der Waals surface area contributed by atoms with E-state index in [2.05, 4.69) is 21.2 Å². The lowest BCUT2D eigenvalue weighted by Gasteiger charge is -2.22. The highest BCUT2D eigenvalue weighted by Gasteiger charge is 2.45. The van der Waals surface area contributed by atoms with Crippen molar-refractivity contribution in [1.29, 1.82) is 0 Å². The zero-order valence-corrected chi connectivity index (χ0v) is 19.1. The maximum absolute atomic E-state index is 13.2. The Morgan fingerprint density at radius 2 is 1.69 bits per heavy atom. The SMILES string of the molecule is O=C(CNC(=O)CCC1C(=O)N(c2ccc(Cl)cc2)C(=O)N1Cc1ccc(Br)cc1)NO. The zero-order chi connectivity index (χ0) is 23.3. The number of halogens is 2. The van der Waals surface area contributed by atoms with Gasteiger partial charge in [0.2, 0.25) is 5.91 Å². The van der Waals surface area contributed by atoms with Crippen molar-refractivity contribution >= 4 is 57.0 Å². The maximum Gasteiger partial charge on any atom is 0.332 e. The largest absolute Gasteiger partial charge is 0.347 e. The van der Waals surface area contributed by atoms with Crippen LogP contribution >= 0.6 is 27.5 Å². The van der Waals surface area contributed by atoms with Gasteiger partial charge in [0, 0.05) is 22.5 Å². The molecule has 0 aliphatic carbocycles. The fourth-order valence-electron chi connectivity index (χ4n) is 3.28. The summed E-state index contributed by atoms with van der Waals surface area (Å²) in [5.41, 5.74) is 2.62. The smallest absolute Gasteiger partial charge is 0.332 e. The summed E-state index contributed by atoms with van der Waals surface area (Å²) in [5.74, 6) is -1.70. The van der Waals surface area contributed by atoms with E-state index >= 15 is 0 Å². The number of rotatable bonds is 8. The van der Waals surface area contributed by atoms with Gasteiger partial charge in [-0.1, -0.05) is 39.7 Å². The van der Waals surface area contributed by atoms with Crippen LogP contribution < -0.4 is 15.7 Å². The Kier molecular flexibility index (Phi) is 7.84. The highest BCUT2D eigenvalue weighted by atomic mass is 79.9. The van der Waals surface area contributed by atoms with Gasteiger partial charge < -0.3 is 10.2 Å². The number of hydrogen-bond acceptors (Lipinski definition) is 5. The normalized spacial score (nSPS) is 15.8. The minimum atomic E-state index is -0.862. The Morgan fingerprint density at radius 1 is 1.03 bits per heavy atom. The van der Waals surface area contributed by atoms with Crippen molar-refractivity contribution in [3.05, 3.63) is 63.6 Å². The first-order chi connectivity index (χ1) is 15.3. The summed E-state index contributed by atoms with van der Waals surface area (Å²) < 4.78 is 0.882. The van der Waals surface area contributed by atoms with Crippen molar-refractivity contribution in [2.24, 2.45) is 0 Å². The van der Waals surface area contributed by atoms with Crippen LogP contribution in [0.4, 0.5) is 10.5 Å². The fourth-order valence-corrected chi connectivity index (χ4v) is 3.67. The first-order valence-corrected chi connectivity index (χ1v) is 10.8. The molecule has 0 aromatic heterocycles. The molecule has 3 rings (SSSR count). The van der Waals surface area contributed by atoms with Gasteiger partial charge in [-0.05, 0) is 48.4 Å². The molecule has 1 unspecified atom stereocenters. The van der Waals surface area contributed by atoms with E-state index in [1.807, 2.05) is 24.3 Å². The molecule has 11 heteroatoms. The zero-order valence-electron chi connectivity index (χ0n) is 16.8. The van der Waals surface area contributed by atoms with E-state index in [0.717, 1.165) is 14.9 Å². The number of amides is 5. The van der Waals surface area contributed by atoms with Gasteiger partial charge >= 0.3 is 6.03 Å².